The van der Waals surface area contributed by atoms with Gasteiger partial charge in [-0.2, -0.15) is 13.2 Å². The Morgan fingerprint density at radius 2 is 1.92 bits per heavy atom. The van der Waals surface area contributed by atoms with E-state index in [1.165, 1.54) is 12.1 Å². The zero-order valence-corrected chi connectivity index (χ0v) is 7.17. The van der Waals surface area contributed by atoms with Crippen molar-refractivity contribution in [1.82, 2.24) is 0 Å². The first-order valence-corrected chi connectivity index (χ1v) is 4.11. The summed E-state index contributed by atoms with van der Waals surface area (Å²) in [5.74, 6) is 0. The molecule has 0 heterocycles. The highest BCUT2D eigenvalue weighted by Crippen LogP contribution is 2.36. The van der Waals surface area contributed by atoms with Gasteiger partial charge in [-0.3, -0.25) is 0 Å². The second-order valence-electron chi connectivity index (χ2n) is 2.36. The summed E-state index contributed by atoms with van der Waals surface area (Å²) in [7, 11) is 0. The number of halogens is 3. The van der Waals surface area contributed by atoms with Gasteiger partial charge in [-0.1, -0.05) is 17.7 Å². The minimum absolute atomic E-state index is 0.0851. The smallest absolute Gasteiger partial charge is 0.160 e. The predicted octanol–water partition coefficient (Wildman–Crippen LogP) is 3.61. The lowest BCUT2D eigenvalue weighted by molar-refractivity contribution is -0.0328. The first kappa shape index (κ1) is 9.45. The van der Waals surface area contributed by atoms with Gasteiger partial charge in [0.15, 0.2) is 0 Å². The van der Waals surface area contributed by atoms with Gasteiger partial charge in [0.1, 0.15) is 0 Å². The third-order valence-corrected chi connectivity index (χ3v) is 1.94. The number of thioether (sulfide) groups is 1. The van der Waals surface area contributed by atoms with Gasteiger partial charge in [0.05, 0.1) is 0 Å². The van der Waals surface area contributed by atoms with E-state index in [2.05, 4.69) is 0 Å². The Bertz CT molecular complexity index is 267. The summed E-state index contributed by atoms with van der Waals surface area (Å²) in [4.78, 5) is 0.238. The zero-order chi connectivity index (χ0) is 9.19. The lowest BCUT2D eigenvalue weighted by atomic mass is 10.2. The van der Waals surface area contributed by atoms with Gasteiger partial charge in [0, 0.05) is 4.90 Å². The van der Waals surface area contributed by atoms with Crippen LogP contribution in [-0.4, -0.2) is 5.51 Å². The van der Waals surface area contributed by atoms with E-state index in [0.29, 0.717) is 0 Å². The molecule has 0 aliphatic heterocycles. The summed E-state index contributed by atoms with van der Waals surface area (Å²) in [6.07, 6.45) is 0. The van der Waals surface area contributed by atoms with Gasteiger partial charge < -0.3 is 0 Å². The van der Waals surface area contributed by atoms with Crippen LogP contribution in [0.2, 0.25) is 0 Å². The molecule has 0 aliphatic carbocycles. The van der Waals surface area contributed by atoms with E-state index in [4.69, 9.17) is 0 Å². The Kier molecular flexibility index (Phi) is 2.67. The maximum atomic E-state index is 11.8. The Morgan fingerprint density at radius 3 is 2.42 bits per heavy atom. The van der Waals surface area contributed by atoms with Crippen molar-refractivity contribution in [2.75, 3.05) is 0 Å². The molecular formula is C8H7F3S. The van der Waals surface area contributed by atoms with E-state index >= 15 is 0 Å². The van der Waals surface area contributed by atoms with Crippen LogP contribution in [0.25, 0.3) is 0 Å². The van der Waals surface area contributed by atoms with Crippen molar-refractivity contribution in [3.63, 3.8) is 0 Å². The molecule has 1 aromatic carbocycles. The standard InChI is InChI=1S/C8H7F3S/c1-6-3-2-4-7(5-6)12-8(9,10)11/h2-5H,1H3. The van der Waals surface area contributed by atoms with Gasteiger partial charge in [0.2, 0.25) is 0 Å². The molecule has 0 spiro atoms. The van der Waals surface area contributed by atoms with Crippen molar-refractivity contribution in [3.05, 3.63) is 29.8 Å². The van der Waals surface area contributed by atoms with Crippen molar-refractivity contribution in [2.45, 2.75) is 17.3 Å². The van der Waals surface area contributed by atoms with Crippen molar-refractivity contribution >= 4 is 11.8 Å². The minimum Gasteiger partial charge on any atom is -0.160 e. The summed E-state index contributed by atoms with van der Waals surface area (Å²) >= 11 is -0.0851. The molecule has 0 amide bonds. The number of rotatable bonds is 1. The fourth-order valence-electron chi connectivity index (χ4n) is 0.812. The monoisotopic (exact) mass is 192 g/mol. The number of hydrogen-bond acceptors (Lipinski definition) is 1. The molecule has 0 saturated heterocycles. The highest BCUT2D eigenvalue weighted by Gasteiger charge is 2.28. The Balaban J connectivity index is 2.77. The molecule has 0 unspecified atom stereocenters. The number of hydrogen-bond donors (Lipinski definition) is 0. The maximum absolute atomic E-state index is 11.8. The van der Waals surface area contributed by atoms with Crippen molar-refractivity contribution < 1.29 is 13.2 Å². The molecule has 12 heavy (non-hydrogen) atoms. The molecule has 0 N–H and O–H groups in total. The Hall–Kier alpha value is -0.640. The molecule has 0 aliphatic rings. The van der Waals surface area contributed by atoms with E-state index < -0.39 is 5.51 Å². The first-order chi connectivity index (χ1) is 5.47. The normalized spacial score (nSPS) is 11.7. The summed E-state index contributed by atoms with van der Waals surface area (Å²) in [6, 6.07) is 6.34. The van der Waals surface area contributed by atoms with Gasteiger partial charge in [-0.15, -0.1) is 0 Å². The van der Waals surface area contributed by atoms with Gasteiger partial charge in [-0.25, -0.2) is 0 Å². The molecule has 66 valence electrons. The van der Waals surface area contributed by atoms with Crippen LogP contribution < -0.4 is 0 Å². The largest absolute Gasteiger partial charge is 0.446 e. The van der Waals surface area contributed by atoms with E-state index in [0.717, 1.165) is 5.56 Å². The second kappa shape index (κ2) is 3.39. The molecule has 0 nitrogen and oxygen atoms in total. The third-order valence-electron chi connectivity index (χ3n) is 1.22. The van der Waals surface area contributed by atoms with Crippen LogP contribution in [0.1, 0.15) is 5.56 Å². The van der Waals surface area contributed by atoms with Crippen molar-refractivity contribution in [3.8, 4) is 0 Å². The Morgan fingerprint density at radius 1 is 1.25 bits per heavy atom. The van der Waals surface area contributed by atoms with Crippen LogP contribution >= 0.6 is 11.8 Å². The summed E-state index contributed by atoms with van der Waals surface area (Å²) in [5, 5.41) is 0. The second-order valence-corrected chi connectivity index (χ2v) is 3.50. The maximum Gasteiger partial charge on any atom is 0.446 e. The fraction of sp³-hybridized carbons (Fsp3) is 0.250. The van der Waals surface area contributed by atoms with E-state index in [-0.39, 0.29) is 16.7 Å². The van der Waals surface area contributed by atoms with Crippen LogP contribution in [0.5, 0.6) is 0 Å². The van der Waals surface area contributed by atoms with Crippen LogP contribution in [0, 0.1) is 6.92 Å². The minimum atomic E-state index is -4.19. The van der Waals surface area contributed by atoms with E-state index in [9.17, 15) is 13.2 Å². The third kappa shape index (κ3) is 3.17. The number of alkyl halides is 3. The SMILES string of the molecule is Cc1cccc(SC(F)(F)F)c1. The highest BCUT2D eigenvalue weighted by atomic mass is 32.2. The van der Waals surface area contributed by atoms with Crippen LogP contribution in [0.15, 0.2) is 29.2 Å². The van der Waals surface area contributed by atoms with Gasteiger partial charge in [0.25, 0.3) is 0 Å². The van der Waals surface area contributed by atoms with Crippen LogP contribution in [0.4, 0.5) is 13.2 Å². The average molecular weight is 192 g/mol. The number of aryl methyl sites for hydroxylation is 1. The lowest BCUT2D eigenvalue weighted by Gasteiger charge is -2.05. The molecule has 1 aromatic rings. The molecule has 1 rings (SSSR count). The molecule has 0 bridgehead atoms. The fourth-order valence-corrected chi connectivity index (χ4v) is 1.47. The van der Waals surface area contributed by atoms with Crippen LogP contribution in [-0.2, 0) is 0 Å². The number of benzene rings is 1. The summed E-state index contributed by atoms with van der Waals surface area (Å²) < 4.78 is 35.5. The zero-order valence-electron chi connectivity index (χ0n) is 6.35. The average Bonchev–Trinajstić information content (AvgIpc) is 1.82. The molecule has 0 radical (unpaired) electrons. The van der Waals surface area contributed by atoms with Crippen LogP contribution in [0.3, 0.4) is 0 Å². The van der Waals surface area contributed by atoms with E-state index in [1.807, 2.05) is 0 Å². The quantitative estimate of drug-likeness (QED) is 0.612. The molecule has 4 heteroatoms. The first-order valence-electron chi connectivity index (χ1n) is 3.30. The summed E-state index contributed by atoms with van der Waals surface area (Å²) in [6.45, 7) is 1.76. The topological polar surface area (TPSA) is 0 Å². The van der Waals surface area contributed by atoms with Gasteiger partial charge >= 0.3 is 5.51 Å². The summed E-state index contributed by atoms with van der Waals surface area (Å²) in [5.41, 5.74) is -3.35. The lowest BCUT2D eigenvalue weighted by Crippen LogP contribution is -1.98. The van der Waals surface area contributed by atoms with Crippen molar-refractivity contribution in [1.29, 1.82) is 0 Å². The molecule has 0 saturated carbocycles. The molecular weight excluding hydrogens is 185 g/mol. The van der Waals surface area contributed by atoms with E-state index in [1.54, 1.807) is 19.1 Å². The Labute approximate surface area is 72.8 Å². The molecule has 0 atom stereocenters. The van der Waals surface area contributed by atoms with Crippen molar-refractivity contribution in [2.24, 2.45) is 0 Å². The predicted molar refractivity (Wildman–Crippen MR) is 43.1 cm³/mol. The highest BCUT2D eigenvalue weighted by molar-refractivity contribution is 8.00. The molecule has 0 aromatic heterocycles. The molecule has 0 fully saturated rings. The van der Waals surface area contributed by atoms with Gasteiger partial charge in [-0.05, 0) is 30.8 Å².